The van der Waals surface area contributed by atoms with E-state index >= 15 is 0 Å². The van der Waals surface area contributed by atoms with E-state index in [1.807, 2.05) is 24.3 Å². The third-order valence-electron chi connectivity index (χ3n) is 3.52. The average molecular weight is 338 g/mol. The number of carboxylic acid groups (broad SMARTS) is 1. The minimum Gasteiger partial charge on any atom is -0.480 e. The number of carbonyl (C=O) groups is 2. The number of carbonyl (C=O) groups excluding carboxylic acids is 1. The summed E-state index contributed by atoms with van der Waals surface area (Å²) >= 11 is 3.34. The van der Waals surface area contributed by atoms with Gasteiger partial charge < -0.3 is 10.4 Å². The molecule has 106 valence electrons. The number of halogens is 1. The van der Waals surface area contributed by atoms with Crippen LogP contribution in [0.3, 0.4) is 0 Å². The molecule has 0 aliphatic heterocycles. The van der Waals surface area contributed by atoms with Crippen LogP contribution in [0.1, 0.15) is 25.3 Å². The first kappa shape index (κ1) is 14.8. The quantitative estimate of drug-likeness (QED) is 0.812. The molecule has 0 saturated heterocycles. The lowest BCUT2D eigenvalue weighted by Gasteiger charge is -2.25. The summed E-state index contributed by atoms with van der Waals surface area (Å²) in [5, 5.41) is 11.9. The van der Waals surface area contributed by atoms with Crippen molar-refractivity contribution in [2.45, 2.75) is 25.3 Å². The topological polar surface area (TPSA) is 66.4 Å². The average Bonchev–Trinajstić information content (AvgIpc) is 3.22. The minimum atomic E-state index is -1.17. The number of amides is 1. The van der Waals surface area contributed by atoms with Gasteiger partial charge >= 0.3 is 5.97 Å². The van der Waals surface area contributed by atoms with E-state index in [0.29, 0.717) is 0 Å². The Morgan fingerprint density at radius 1 is 1.35 bits per heavy atom. The number of hydrogen-bond donors (Lipinski definition) is 2. The lowest BCUT2D eigenvalue weighted by Crippen LogP contribution is -2.53. The highest BCUT2D eigenvalue weighted by molar-refractivity contribution is 9.10. The van der Waals surface area contributed by atoms with E-state index in [9.17, 15) is 14.7 Å². The van der Waals surface area contributed by atoms with Crippen LogP contribution in [0.5, 0.6) is 0 Å². The maximum Gasteiger partial charge on any atom is 0.329 e. The molecule has 2 rings (SSSR count). The molecule has 4 nitrogen and oxygen atoms in total. The molecule has 0 radical (unpaired) electrons. The molecule has 0 spiro atoms. The second-order valence-corrected chi connectivity index (χ2v) is 6.07. The van der Waals surface area contributed by atoms with Crippen LogP contribution in [-0.4, -0.2) is 22.5 Å². The zero-order chi connectivity index (χ0) is 14.8. The molecule has 1 unspecified atom stereocenters. The fraction of sp³-hybridized carbons (Fsp3) is 0.333. The molecule has 1 fully saturated rings. The van der Waals surface area contributed by atoms with Crippen molar-refractivity contribution in [2.75, 3.05) is 0 Å². The highest BCUT2D eigenvalue weighted by Gasteiger charge is 2.48. The Bertz CT molecular complexity index is 549. The number of aliphatic carboxylic acids is 1. The molecule has 1 amide bonds. The van der Waals surface area contributed by atoms with Crippen molar-refractivity contribution in [3.8, 4) is 0 Å². The van der Waals surface area contributed by atoms with Crippen molar-refractivity contribution < 1.29 is 14.7 Å². The maximum absolute atomic E-state index is 11.9. The number of carboxylic acids is 1. The molecular formula is C15H16BrNO3. The fourth-order valence-corrected chi connectivity index (χ4v) is 2.30. The molecule has 1 aliphatic carbocycles. The van der Waals surface area contributed by atoms with Gasteiger partial charge in [0.15, 0.2) is 0 Å². The summed E-state index contributed by atoms with van der Waals surface area (Å²) in [5.74, 6) is -1.33. The van der Waals surface area contributed by atoms with Crippen LogP contribution < -0.4 is 5.32 Å². The predicted molar refractivity (Wildman–Crippen MR) is 80.1 cm³/mol. The summed E-state index contributed by atoms with van der Waals surface area (Å²) in [6, 6.07) is 7.49. The molecule has 0 bridgehead atoms. The third kappa shape index (κ3) is 3.48. The lowest BCUT2D eigenvalue weighted by molar-refractivity contribution is -0.147. The van der Waals surface area contributed by atoms with Crippen LogP contribution >= 0.6 is 15.9 Å². The van der Waals surface area contributed by atoms with Gasteiger partial charge in [0.1, 0.15) is 5.54 Å². The van der Waals surface area contributed by atoms with Crippen molar-refractivity contribution in [3.05, 3.63) is 40.4 Å². The minimum absolute atomic E-state index is 0.0324. The number of hydrogen-bond acceptors (Lipinski definition) is 2. The standard InChI is InChI=1S/C15H16BrNO3/c1-15(14(19)20,11-5-6-11)17-13(18)9-4-10-2-7-12(16)8-3-10/h2-4,7-9,11H,5-6H2,1H3,(H,17,18)(H,19,20)/b9-4+. The van der Waals surface area contributed by atoms with Gasteiger partial charge in [-0.25, -0.2) is 4.79 Å². The lowest BCUT2D eigenvalue weighted by atomic mass is 9.96. The van der Waals surface area contributed by atoms with Gasteiger partial charge in [0, 0.05) is 10.5 Å². The summed E-state index contributed by atoms with van der Waals surface area (Å²) in [5.41, 5.74) is -0.284. The van der Waals surface area contributed by atoms with E-state index in [1.54, 1.807) is 13.0 Å². The van der Waals surface area contributed by atoms with Crippen molar-refractivity contribution >= 4 is 33.9 Å². The fourth-order valence-electron chi connectivity index (χ4n) is 2.03. The largest absolute Gasteiger partial charge is 0.480 e. The Morgan fingerprint density at radius 2 is 1.95 bits per heavy atom. The molecule has 20 heavy (non-hydrogen) atoms. The Kier molecular flexibility index (Phi) is 4.28. The van der Waals surface area contributed by atoms with Crippen LogP contribution in [-0.2, 0) is 9.59 Å². The maximum atomic E-state index is 11.9. The molecule has 0 heterocycles. The summed E-state index contributed by atoms with van der Waals surface area (Å²) < 4.78 is 0.964. The molecule has 1 atom stereocenters. The van der Waals surface area contributed by atoms with E-state index < -0.39 is 11.5 Å². The van der Waals surface area contributed by atoms with E-state index in [-0.39, 0.29) is 11.8 Å². The van der Waals surface area contributed by atoms with E-state index in [2.05, 4.69) is 21.2 Å². The second-order valence-electron chi connectivity index (χ2n) is 5.16. The van der Waals surface area contributed by atoms with Crippen molar-refractivity contribution in [1.82, 2.24) is 5.32 Å². The second kappa shape index (κ2) is 5.79. The summed E-state index contributed by atoms with van der Waals surface area (Å²) in [7, 11) is 0. The molecule has 1 aromatic rings. The third-order valence-corrected chi connectivity index (χ3v) is 4.05. The predicted octanol–water partition coefficient (Wildman–Crippen LogP) is 2.83. The van der Waals surface area contributed by atoms with Gasteiger partial charge in [-0.1, -0.05) is 28.1 Å². The molecule has 0 aromatic heterocycles. The van der Waals surface area contributed by atoms with Crippen molar-refractivity contribution in [3.63, 3.8) is 0 Å². The first-order chi connectivity index (χ1) is 9.41. The van der Waals surface area contributed by atoms with Crippen LogP contribution in [0.15, 0.2) is 34.8 Å². The van der Waals surface area contributed by atoms with Crippen LogP contribution in [0.2, 0.25) is 0 Å². The molecule has 1 aliphatic rings. The molecular weight excluding hydrogens is 322 g/mol. The summed E-state index contributed by atoms with van der Waals surface area (Å²) in [6.45, 7) is 1.57. The molecule has 1 aromatic carbocycles. The molecule has 5 heteroatoms. The van der Waals surface area contributed by atoms with Crippen molar-refractivity contribution in [2.24, 2.45) is 5.92 Å². The van der Waals surface area contributed by atoms with Crippen LogP contribution in [0.4, 0.5) is 0 Å². The first-order valence-corrected chi connectivity index (χ1v) is 7.20. The smallest absolute Gasteiger partial charge is 0.329 e. The SMILES string of the molecule is CC(NC(=O)/C=C/c1ccc(Br)cc1)(C(=O)O)C1CC1. The Morgan fingerprint density at radius 3 is 2.45 bits per heavy atom. The van der Waals surface area contributed by atoms with Gasteiger partial charge in [-0.2, -0.15) is 0 Å². The van der Waals surface area contributed by atoms with Gasteiger partial charge in [-0.05, 0) is 49.5 Å². The Hall–Kier alpha value is -1.62. The molecule has 1 saturated carbocycles. The van der Waals surface area contributed by atoms with Gasteiger partial charge in [0.05, 0.1) is 0 Å². The van der Waals surface area contributed by atoms with Gasteiger partial charge in [-0.3, -0.25) is 4.79 Å². The first-order valence-electron chi connectivity index (χ1n) is 6.41. The number of rotatable bonds is 5. The Labute approximate surface area is 126 Å². The monoisotopic (exact) mass is 337 g/mol. The van der Waals surface area contributed by atoms with E-state index in [1.165, 1.54) is 6.08 Å². The normalized spacial score (nSPS) is 17.7. The number of benzene rings is 1. The van der Waals surface area contributed by atoms with Crippen molar-refractivity contribution in [1.29, 1.82) is 0 Å². The zero-order valence-corrected chi connectivity index (χ0v) is 12.7. The highest BCUT2D eigenvalue weighted by atomic mass is 79.9. The zero-order valence-electron chi connectivity index (χ0n) is 11.1. The van der Waals surface area contributed by atoms with Crippen LogP contribution in [0.25, 0.3) is 6.08 Å². The Balaban J connectivity index is 2.01. The van der Waals surface area contributed by atoms with E-state index in [4.69, 9.17) is 0 Å². The molecule has 2 N–H and O–H groups in total. The van der Waals surface area contributed by atoms with Gasteiger partial charge in [-0.15, -0.1) is 0 Å². The van der Waals surface area contributed by atoms with Gasteiger partial charge in [0.2, 0.25) is 5.91 Å². The highest BCUT2D eigenvalue weighted by Crippen LogP contribution is 2.39. The van der Waals surface area contributed by atoms with E-state index in [0.717, 1.165) is 22.9 Å². The summed E-state index contributed by atoms with van der Waals surface area (Å²) in [6.07, 6.45) is 4.72. The number of nitrogens with one attached hydrogen (secondary N) is 1. The van der Waals surface area contributed by atoms with Gasteiger partial charge in [0.25, 0.3) is 0 Å². The van der Waals surface area contributed by atoms with Crippen LogP contribution in [0, 0.1) is 5.92 Å². The summed E-state index contributed by atoms with van der Waals surface area (Å²) in [4.78, 5) is 23.2.